The van der Waals surface area contributed by atoms with Crippen LogP contribution >= 0.6 is 11.6 Å². The summed E-state index contributed by atoms with van der Waals surface area (Å²) in [5, 5.41) is 28.9. The molecule has 0 aliphatic carbocycles. The Morgan fingerprint density at radius 2 is 1.79 bits per heavy atom. The number of nitriles is 2. The van der Waals surface area contributed by atoms with Crippen LogP contribution in [0.4, 0.5) is 0 Å². The van der Waals surface area contributed by atoms with Crippen molar-refractivity contribution < 1.29 is 5.11 Å². The summed E-state index contributed by atoms with van der Waals surface area (Å²) in [5.41, 5.74) is 6.76. The van der Waals surface area contributed by atoms with E-state index in [0.717, 1.165) is 34.5 Å². The molecule has 0 radical (unpaired) electrons. The topological polar surface area (TPSA) is 72.7 Å². The number of rotatable bonds is 5. The second-order valence-electron chi connectivity index (χ2n) is 6.61. The number of aliphatic hydroxyl groups is 1. The van der Waals surface area contributed by atoms with Crippen molar-refractivity contribution in [1.82, 2.24) is 4.57 Å². The molecular weight excluding hydrogens is 370 g/mol. The normalized spacial score (nSPS) is 10.5. The molecule has 3 rings (SSSR count). The fraction of sp³-hybridized carbons (Fsp3) is 0.217. The van der Waals surface area contributed by atoms with Crippen LogP contribution in [0.3, 0.4) is 0 Å². The molecule has 4 nitrogen and oxygen atoms in total. The molecule has 2 aromatic carbocycles. The zero-order valence-corrected chi connectivity index (χ0v) is 16.6. The molecule has 0 spiro atoms. The van der Waals surface area contributed by atoms with Gasteiger partial charge in [0, 0.05) is 28.5 Å². The van der Waals surface area contributed by atoms with Gasteiger partial charge >= 0.3 is 0 Å². The van der Waals surface area contributed by atoms with Gasteiger partial charge in [-0.1, -0.05) is 42.8 Å². The molecule has 0 bridgehead atoms. The van der Waals surface area contributed by atoms with E-state index in [1.54, 1.807) is 18.2 Å². The first-order valence-electron chi connectivity index (χ1n) is 9.04. The summed E-state index contributed by atoms with van der Waals surface area (Å²) in [4.78, 5) is 0. The number of aliphatic hydroxyl groups excluding tert-OH is 1. The van der Waals surface area contributed by atoms with E-state index < -0.39 is 0 Å². The van der Waals surface area contributed by atoms with Gasteiger partial charge in [-0.2, -0.15) is 10.5 Å². The van der Waals surface area contributed by atoms with Crippen molar-refractivity contribution in [3.63, 3.8) is 0 Å². The minimum Gasteiger partial charge on any atom is -0.392 e. The lowest BCUT2D eigenvalue weighted by atomic mass is 9.99. The zero-order chi connectivity index (χ0) is 20.3. The fourth-order valence-corrected chi connectivity index (χ4v) is 3.77. The molecule has 0 saturated heterocycles. The molecule has 3 aromatic rings. The van der Waals surface area contributed by atoms with Crippen LogP contribution in [0.1, 0.15) is 40.6 Å². The standard InChI is InChI=1S/C23H20ClN3O/c1-3-22-20(12-26)23(18-7-4-16(11-25)5-8-18)15(2)27(22)13-17-6-9-21(24)19(10-17)14-28/h4-10,28H,3,13-14H2,1-2H3. The fourth-order valence-electron chi connectivity index (χ4n) is 3.59. The van der Waals surface area contributed by atoms with Crippen LogP contribution in [0.15, 0.2) is 42.5 Å². The number of aromatic nitrogens is 1. The Labute approximate surface area is 169 Å². The lowest BCUT2D eigenvalue weighted by Gasteiger charge is -2.13. The third-order valence-electron chi connectivity index (χ3n) is 5.00. The van der Waals surface area contributed by atoms with Gasteiger partial charge in [-0.05, 0) is 48.2 Å². The molecule has 1 N–H and O–H groups in total. The van der Waals surface area contributed by atoms with Gasteiger partial charge in [0.2, 0.25) is 0 Å². The summed E-state index contributed by atoms with van der Waals surface area (Å²) in [5.74, 6) is 0. The Hall–Kier alpha value is -3.05. The van der Waals surface area contributed by atoms with Crippen molar-refractivity contribution in [3.8, 4) is 23.3 Å². The maximum atomic E-state index is 9.85. The van der Waals surface area contributed by atoms with E-state index in [2.05, 4.69) is 16.7 Å². The van der Waals surface area contributed by atoms with Crippen molar-refractivity contribution in [3.05, 3.63) is 81.1 Å². The molecule has 0 unspecified atom stereocenters. The SMILES string of the molecule is CCc1c(C#N)c(-c2ccc(C#N)cc2)c(C)n1Cc1ccc(Cl)c(CO)c1. The van der Waals surface area contributed by atoms with Crippen LogP contribution in [-0.4, -0.2) is 9.67 Å². The van der Waals surface area contributed by atoms with E-state index >= 15 is 0 Å². The van der Waals surface area contributed by atoms with Crippen LogP contribution in [0.25, 0.3) is 11.1 Å². The van der Waals surface area contributed by atoms with Gasteiger partial charge in [0.25, 0.3) is 0 Å². The molecule has 0 atom stereocenters. The third kappa shape index (κ3) is 3.53. The first-order valence-corrected chi connectivity index (χ1v) is 9.42. The van der Waals surface area contributed by atoms with Crippen LogP contribution in [-0.2, 0) is 19.6 Å². The first-order chi connectivity index (χ1) is 13.5. The van der Waals surface area contributed by atoms with Crippen molar-refractivity contribution in [2.24, 2.45) is 0 Å². The monoisotopic (exact) mass is 389 g/mol. The molecule has 0 saturated carbocycles. The summed E-state index contributed by atoms with van der Waals surface area (Å²) in [6.07, 6.45) is 0.723. The highest BCUT2D eigenvalue weighted by molar-refractivity contribution is 6.31. The van der Waals surface area contributed by atoms with Crippen molar-refractivity contribution in [1.29, 1.82) is 10.5 Å². The van der Waals surface area contributed by atoms with Gasteiger partial charge in [-0.3, -0.25) is 0 Å². The predicted molar refractivity (Wildman–Crippen MR) is 110 cm³/mol. The quantitative estimate of drug-likeness (QED) is 0.670. The molecule has 0 fully saturated rings. The van der Waals surface area contributed by atoms with Gasteiger partial charge in [0.1, 0.15) is 6.07 Å². The number of hydrogen-bond donors (Lipinski definition) is 1. The maximum Gasteiger partial charge on any atom is 0.102 e. The second-order valence-corrected chi connectivity index (χ2v) is 7.01. The average molecular weight is 390 g/mol. The van der Waals surface area contributed by atoms with E-state index in [0.29, 0.717) is 28.3 Å². The summed E-state index contributed by atoms with van der Waals surface area (Å²) in [6, 6.07) is 17.4. The Morgan fingerprint density at radius 3 is 2.36 bits per heavy atom. The Morgan fingerprint density at radius 1 is 1.07 bits per heavy atom. The summed E-state index contributed by atoms with van der Waals surface area (Å²) in [7, 11) is 0. The van der Waals surface area contributed by atoms with Crippen molar-refractivity contribution in [2.75, 3.05) is 0 Å². The number of nitrogens with zero attached hydrogens (tertiary/aromatic N) is 3. The summed E-state index contributed by atoms with van der Waals surface area (Å²) < 4.78 is 2.15. The smallest absolute Gasteiger partial charge is 0.102 e. The second kappa shape index (κ2) is 8.31. The molecule has 0 aliphatic heterocycles. The molecule has 0 aliphatic rings. The van der Waals surface area contributed by atoms with Gasteiger partial charge in [-0.25, -0.2) is 0 Å². The Bertz CT molecular complexity index is 1100. The van der Waals surface area contributed by atoms with Crippen molar-refractivity contribution >= 4 is 11.6 Å². The van der Waals surface area contributed by atoms with Crippen LogP contribution < -0.4 is 0 Å². The van der Waals surface area contributed by atoms with Crippen LogP contribution in [0, 0.1) is 29.6 Å². The molecule has 5 heteroatoms. The van der Waals surface area contributed by atoms with E-state index in [-0.39, 0.29) is 6.61 Å². The Balaban J connectivity index is 2.13. The van der Waals surface area contributed by atoms with E-state index in [9.17, 15) is 10.4 Å². The Kier molecular flexibility index (Phi) is 5.85. The summed E-state index contributed by atoms with van der Waals surface area (Å²) >= 11 is 6.11. The summed E-state index contributed by atoms with van der Waals surface area (Å²) in [6.45, 7) is 4.52. The first kappa shape index (κ1) is 19.7. The largest absolute Gasteiger partial charge is 0.392 e. The highest BCUT2D eigenvalue weighted by atomic mass is 35.5. The molecule has 28 heavy (non-hydrogen) atoms. The predicted octanol–water partition coefficient (Wildman–Crippen LogP) is 4.96. The third-order valence-corrected chi connectivity index (χ3v) is 5.37. The highest BCUT2D eigenvalue weighted by Gasteiger charge is 2.20. The number of benzene rings is 2. The van der Waals surface area contributed by atoms with E-state index in [1.807, 2.05) is 38.1 Å². The number of hydrogen-bond acceptors (Lipinski definition) is 3. The average Bonchev–Trinajstić information content (AvgIpc) is 3.00. The molecule has 1 heterocycles. The van der Waals surface area contributed by atoms with Crippen molar-refractivity contribution in [2.45, 2.75) is 33.4 Å². The molecule has 1 aromatic heterocycles. The molecule has 140 valence electrons. The lowest BCUT2D eigenvalue weighted by molar-refractivity contribution is 0.282. The van der Waals surface area contributed by atoms with E-state index in [1.165, 1.54) is 0 Å². The van der Waals surface area contributed by atoms with Gasteiger partial charge < -0.3 is 9.67 Å². The molecule has 0 amide bonds. The number of halogens is 1. The molecular formula is C23H20ClN3O. The zero-order valence-electron chi connectivity index (χ0n) is 15.8. The van der Waals surface area contributed by atoms with E-state index in [4.69, 9.17) is 16.9 Å². The van der Waals surface area contributed by atoms with Gasteiger partial charge in [0.15, 0.2) is 0 Å². The van der Waals surface area contributed by atoms with Crippen LogP contribution in [0.5, 0.6) is 0 Å². The van der Waals surface area contributed by atoms with Gasteiger partial charge in [-0.15, -0.1) is 0 Å². The van der Waals surface area contributed by atoms with Crippen LogP contribution in [0.2, 0.25) is 5.02 Å². The minimum atomic E-state index is -0.113. The minimum absolute atomic E-state index is 0.113. The maximum absolute atomic E-state index is 9.85. The highest BCUT2D eigenvalue weighted by Crippen LogP contribution is 2.33. The van der Waals surface area contributed by atoms with Gasteiger partial charge in [0.05, 0.1) is 23.8 Å². The lowest BCUT2D eigenvalue weighted by Crippen LogP contribution is -2.07.